The van der Waals surface area contributed by atoms with E-state index in [0.29, 0.717) is 11.6 Å². The molecule has 1 N–H and O–H groups in total. The summed E-state index contributed by atoms with van der Waals surface area (Å²) in [4.78, 5) is 20.9. The fraction of sp³-hybridized carbons (Fsp3) is 0.368. The third kappa shape index (κ3) is 2.99. The minimum Gasteiger partial charge on any atom is -0.349 e. The van der Waals surface area contributed by atoms with Gasteiger partial charge in [-0.3, -0.25) is 4.79 Å². The first kappa shape index (κ1) is 15.7. The van der Waals surface area contributed by atoms with E-state index < -0.39 is 0 Å². The van der Waals surface area contributed by atoms with Crippen molar-refractivity contribution in [2.24, 2.45) is 0 Å². The molecule has 1 aliphatic rings. The third-order valence-electron chi connectivity index (χ3n) is 4.94. The largest absolute Gasteiger partial charge is 0.349 e. The van der Waals surface area contributed by atoms with Gasteiger partial charge in [0.15, 0.2) is 5.82 Å². The van der Waals surface area contributed by atoms with E-state index in [1.807, 2.05) is 6.07 Å². The molecule has 6 heteroatoms. The maximum atomic E-state index is 12.5. The molecule has 1 amide bonds. The van der Waals surface area contributed by atoms with Crippen LogP contribution < -0.4 is 5.32 Å². The van der Waals surface area contributed by atoms with Gasteiger partial charge < -0.3 is 5.32 Å². The van der Waals surface area contributed by atoms with Crippen LogP contribution in [0.5, 0.6) is 0 Å². The minimum absolute atomic E-state index is 0.0480. The van der Waals surface area contributed by atoms with Crippen LogP contribution in [0.3, 0.4) is 0 Å². The Kier molecular flexibility index (Phi) is 3.75. The quantitative estimate of drug-likeness (QED) is 0.798. The summed E-state index contributed by atoms with van der Waals surface area (Å²) >= 11 is 0. The molecule has 25 heavy (non-hydrogen) atoms. The normalized spacial score (nSPS) is 18.7. The predicted molar refractivity (Wildman–Crippen MR) is 94.1 cm³/mol. The highest BCUT2D eigenvalue weighted by atomic mass is 16.1. The molecule has 128 valence electrons. The van der Waals surface area contributed by atoms with Crippen LogP contribution in [0.4, 0.5) is 0 Å². The first-order valence-electron chi connectivity index (χ1n) is 8.58. The first-order valence-corrected chi connectivity index (χ1v) is 8.58. The molecule has 1 atom stereocenters. The van der Waals surface area contributed by atoms with E-state index in [9.17, 15) is 4.79 Å². The lowest BCUT2D eigenvalue weighted by Crippen LogP contribution is -2.36. The fourth-order valence-corrected chi connectivity index (χ4v) is 3.60. The van der Waals surface area contributed by atoms with Crippen LogP contribution in [0.1, 0.15) is 49.7 Å². The average molecular weight is 335 g/mol. The summed E-state index contributed by atoms with van der Waals surface area (Å²) in [6.07, 6.45) is 5.58. The molecule has 0 saturated heterocycles. The number of fused-ring (bicyclic) bond motifs is 2. The van der Waals surface area contributed by atoms with Crippen molar-refractivity contribution in [2.45, 2.75) is 44.6 Å². The number of benzene rings is 1. The van der Waals surface area contributed by atoms with E-state index in [2.05, 4.69) is 52.4 Å². The Morgan fingerprint density at radius 2 is 2.16 bits per heavy atom. The monoisotopic (exact) mass is 335 g/mol. The van der Waals surface area contributed by atoms with Crippen LogP contribution in [0, 0.1) is 0 Å². The van der Waals surface area contributed by atoms with Crippen molar-refractivity contribution < 1.29 is 4.79 Å². The Hall–Kier alpha value is -2.76. The Balaban J connectivity index is 1.51. The van der Waals surface area contributed by atoms with Gasteiger partial charge in [-0.05, 0) is 35.4 Å². The summed E-state index contributed by atoms with van der Waals surface area (Å²) in [6.45, 7) is 4.52. The van der Waals surface area contributed by atoms with Crippen molar-refractivity contribution >= 4 is 11.7 Å². The van der Waals surface area contributed by atoms with Crippen molar-refractivity contribution in [3.05, 3.63) is 59.7 Å². The molecule has 0 bridgehead atoms. The highest BCUT2D eigenvalue weighted by Gasteiger charge is 2.32. The molecule has 0 fully saturated rings. The van der Waals surface area contributed by atoms with Crippen LogP contribution in [-0.2, 0) is 16.6 Å². The number of hydrogen-bond donors (Lipinski definition) is 1. The standard InChI is InChI=1S/C19H21N5O/c1-19(2)9-8-15(13-6-3-4-7-14(13)19)21-17(25)12-16-22-18-20-10-5-11-24(18)23-16/h3-7,10-11,15H,8-9,12H2,1-2H3,(H,21,25)/t15-/m1/s1. The fourth-order valence-electron chi connectivity index (χ4n) is 3.60. The van der Waals surface area contributed by atoms with Crippen LogP contribution in [0.25, 0.3) is 5.78 Å². The van der Waals surface area contributed by atoms with Crippen LogP contribution in [-0.4, -0.2) is 25.5 Å². The number of amides is 1. The van der Waals surface area contributed by atoms with Crippen molar-refractivity contribution in [3.8, 4) is 0 Å². The van der Waals surface area contributed by atoms with Gasteiger partial charge in [0.25, 0.3) is 5.78 Å². The summed E-state index contributed by atoms with van der Waals surface area (Å²) in [7, 11) is 0. The Morgan fingerprint density at radius 3 is 3.00 bits per heavy atom. The molecule has 2 heterocycles. The molecular formula is C19H21N5O. The molecule has 0 radical (unpaired) electrons. The second kappa shape index (κ2) is 5.95. The van der Waals surface area contributed by atoms with E-state index >= 15 is 0 Å². The van der Waals surface area contributed by atoms with Crippen molar-refractivity contribution in [1.29, 1.82) is 0 Å². The molecule has 0 aliphatic heterocycles. The molecule has 1 aromatic carbocycles. The maximum Gasteiger partial charge on any atom is 0.252 e. The van der Waals surface area contributed by atoms with Crippen LogP contribution >= 0.6 is 0 Å². The third-order valence-corrected chi connectivity index (χ3v) is 4.94. The number of hydrogen-bond acceptors (Lipinski definition) is 4. The van der Waals surface area contributed by atoms with Crippen molar-refractivity contribution in [1.82, 2.24) is 24.9 Å². The minimum atomic E-state index is -0.0598. The summed E-state index contributed by atoms with van der Waals surface area (Å²) in [6, 6.07) is 10.2. The molecule has 4 rings (SSSR count). The van der Waals surface area contributed by atoms with Crippen molar-refractivity contribution in [3.63, 3.8) is 0 Å². The Morgan fingerprint density at radius 1 is 1.32 bits per heavy atom. The molecule has 0 unspecified atom stereocenters. The van der Waals surface area contributed by atoms with Gasteiger partial charge in [-0.15, -0.1) is 5.10 Å². The average Bonchev–Trinajstić information content (AvgIpc) is 3.00. The van der Waals surface area contributed by atoms with Gasteiger partial charge >= 0.3 is 0 Å². The lowest BCUT2D eigenvalue weighted by molar-refractivity contribution is -0.121. The van der Waals surface area contributed by atoms with Gasteiger partial charge in [-0.2, -0.15) is 4.98 Å². The van der Waals surface area contributed by atoms with Crippen LogP contribution in [0.2, 0.25) is 0 Å². The van der Waals surface area contributed by atoms with Gasteiger partial charge in [0, 0.05) is 12.4 Å². The Bertz CT molecular complexity index is 897. The number of nitrogens with zero attached hydrogens (tertiary/aromatic N) is 4. The van der Waals surface area contributed by atoms with Gasteiger partial charge in [-0.25, -0.2) is 9.50 Å². The summed E-state index contributed by atoms with van der Waals surface area (Å²) in [5.41, 5.74) is 2.69. The zero-order valence-electron chi connectivity index (χ0n) is 14.4. The summed E-state index contributed by atoms with van der Waals surface area (Å²) in [5.74, 6) is 0.936. The second-order valence-corrected chi connectivity index (χ2v) is 7.20. The maximum absolute atomic E-state index is 12.5. The van der Waals surface area contributed by atoms with E-state index in [4.69, 9.17) is 0 Å². The highest BCUT2D eigenvalue weighted by molar-refractivity contribution is 5.78. The number of aromatic nitrogens is 4. The number of carbonyl (C=O) groups is 1. The van der Waals surface area contributed by atoms with Gasteiger partial charge in [-0.1, -0.05) is 38.1 Å². The second-order valence-electron chi connectivity index (χ2n) is 7.20. The van der Waals surface area contributed by atoms with E-state index in [0.717, 1.165) is 12.8 Å². The molecule has 2 aromatic heterocycles. The molecule has 3 aromatic rings. The topological polar surface area (TPSA) is 72.2 Å². The predicted octanol–water partition coefficient (Wildman–Crippen LogP) is 2.60. The van der Waals surface area contributed by atoms with Gasteiger partial charge in [0.2, 0.25) is 5.91 Å². The zero-order chi connectivity index (χ0) is 17.4. The Labute approximate surface area is 146 Å². The number of rotatable bonds is 3. The lowest BCUT2D eigenvalue weighted by Gasteiger charge is -2.37. The highest BCUT2D eigenvalue weighted by Crippen LogP contribution is 2.41. The molecule has 0 saturated carbocycles. The summed E-state index contributed by atoms with van der Waals surface area (Å²) in [5, 5.41) is 7.45. The number of nitrogens with one attached hydrogen (secondary N) is 1. The zero-order valence-corrected chi connectivity index (χ0v) is 14.4. The van der Waals surface area contributed by atoms with Crippen molar-refractivity contribution in [2.75, 3.05) is 0 Å². The molecule has 1 aliphatic carbocycles. The summed E-state index contributed by atoms with van der Waals surface area (Å²) < 4.78 is 1.58. The molecule has 6 nitrogen and oxygen atoms in total. The first-order chi connectivity index (χ1) is 12.0. The smallest absolute Gasteiger partial charge is 0.252 e. The SMILES string of the molecule is CC1(C)CC[C@@H](NC(=O)Cc2nc3ncccn3n2)c2ccccc21. The number of carbonyl (C=O) groups excluding carboxylic acids is 1. The molecular weight excluding hydrogens is 314 g/mol. The molecule has 0 spiro atoms. The van der Waals surface area contributed by atoms with Gasteiger partial charge in [0.05, 0.1) is 12.5 Å². The van der Waals surface area contributed by atoms with Gasteiger partial charge in [0.1, 0.15) is 0 Å². The van der Waals surface area contributed by atoms with E-state index in [1.54, 1.807) is 23.0 Å². The lowest BCUT2D eigenvalue weighted by atomic mass is 9.71. The van der Waals surface area contributed by atoms with Crippen LogP contribution in [0.15, 0.2) is 42.7 Å². The van der Waals surface area contributed by atoms with E-state index in [-0.39, 0.29) is 23.8 Å². The van der Waals surface area contributed by atoms with E-state index in [1.165, 1.54) is 11.1 Å².